The maximum Gasteiger partial charge on any atom is 0.214 e. The largest absolute Gasteiger partial charge is 0.473 e. The standard InChI is InChI=1S/C28H37Cl2N5OSi/c1-18(2)37(19(3)4,20(5)6)35-16-22(25-12-24(30)15-32-28(25)35)17-36-27-13-26(33-34(27)7)31-14-21-9-8-10-23(29)11-21/h8-13,15-16,18-20H,14,17H2,1-7H3,(H,31,33). The van der Waals surface area contributed by atoms with Gasteiger partial charge >= 0.3 is 0 Å². The van der Waals surface area contributed by atoms with E-state index in [4.69, 9.17) is 32.9 Å². The SMILES string of the molecule is CC(C)[Si](C(C)C)(C(C)C)n1cc(COc2cc(NCc3cccc(Cl)c3)nn2C)c2cc(Cl)cnc21. The Morgan fingerprint density at radius 3 is 2.32 bits per heavy atom. The number of aryl methyl sites for hydroxylation is 1. The number of hydrogen-bond donors (Lipinski definition) is 1. The first-order valence-corrected chi connectivity index (χ1v) is 15.8. The molecule has 0 saturated carbocycles. The molecular formula is C28H37Cl2N5OSi. The van der Waals surface area contributed by atoms with Crippen LogP contribution in [0.2, 0.25) is 26.7 Å². The number of anilines is 1. The van der Waals surface area contributed by atoms with E-state index in [1.54, 1.807) is 10.9 Å². The predicted octanol–water partition coefficient (Wildman–Crippen LogP) is 8.29. The number of aromatic nitrogens is 4. The normalized spacial score (nSPS) is 12.3. The average molecular weight is 559 g/mol. The molecule has 0 saturated heterocycles. The van der Waals surface area contributed by atoms with Gasteiger partial charge in [0, 0.05) is 48.0 Å². The molecule has 9 heteroatoms. The molecule has 4 aromatic rings. The van der Waals surface area contributed by atoms with Gasteiger partial charge in [0.25, 0.3) is 0 Å². The van der Waals surface area contributed by atoms with Crippen LogP contribution >= 0.6 is 23.2 Å². The van der Waals surface area contributed by atoms with Crippen LogP contribution in [-0.4, -0.2) is 27.2 Å². The zero-order valence-corrected chi connectivity index (χ0v) is 25.2. The summed E-state index contributed by atoms with van der Waals surface area (Å²) in [5.74, 6) is 1.43. The number of hydrogen-bond acceptors (Lipinski definition) is 4. The van der Waals surface area contributed by atoms with Crippen LogP contribution in [0.3, 0.4) is 0 Å². The van der Waals surface area contributed by atoms with Gasteiger partial charge in [0.1, 0.15) is 12.3 Å². The molecule has 3 heterocycles. The average Bonchev–Trinajstić information content (AvgIpc) is 3.35. The minimum atomic E-state index is -2.01. The number of fused-ring (bicyclic) bond motifs is 1. The molecule has 0 aliphatic carbocycles. The highest BCUT2D eigenvalue weighted by Crippen LogP contribution is 2.44. The highest BCUT2D eigenvalue weighted by molar-refractivity contribution is 6.82. The molecule has 4 rings (SSSR count). The second-order valence-corrected chi connectivity index (χ2v) is 17.3. The van der Waals surface area contributed by atoms with Gasteiger partial charge in [0.05, 0.1) is 5.02 Å². The number of nitrogens with one attached hydrogen (secondary N) is 1. The molecule has 0 amide bonds. The molecular weight excluding hydrogens is 521 g/mol. The van der Waals surface area contributed by atoms with Gasteiger partial charge in [0.2, 0.25) is 5.88 Å². The van der Waals surface area contributed by atoms with E-state index in [2.05, 4.69) is 62.4 Å². The van der Waals surface area contributed by atoms with E-state index in [1.807, 2.05) is 43.4 Å². The summed E-state index contributed by atoms with van der Waals surface area (Å²) in [6, 6.07) is 11.7. The van der Waals surface area contributed by atoms with Crippen LogP contribution in [0.15, 0.2) is 48.8 Å². The van der Waals surface area contributed by atoms with Gasteiger partial charge in [-0.2, -0.15) is 5.10 Å². The first kappa shape index (κ1) is 27.5. The maximum absolute atomic E-state index is 6.41. The Balaban J connectivity index is 1.62. The van der Waals surface area contributed by atoms with Crippen LogP contribution in [0, 0.1) is 0 Å². The molecule has 0 radical (unpaired) electrons. The van der Waals surface area contributed by atoms with Crippen molar-refractivity contribution in [2.24, 2.45) is 7.05 Å². The van der Waals surface area contributed by atoms with Gasteiger partial charge in [-0.1, -0.05) is 76.9 Å². The van der Waals surface area contributed by atoms with Gasteiger partial charge in [0.15, 0.2) is 14.1 Å². The molecule has 0 aliphatic rings. The van der Waals surface area contributed by atoms with Gasteiger partial charge < -0.3 is 14.3 Å². The first-order chi connectivity index (χ1) is 17.5. The van der Waals surface area contributed by atoms with E-state index in [0.717, 1.165) is 33.0 Å². The molecule has 1 N–H and O–H groups in total. The minimum absolute atomic E-state index is 0.400. The van der Waals surface area contributed by atoms with Gasteiger partial charge in [-0.3, -0.25) is 0 Å². The number of rotatable bonds is 10. The fraction of sp³-hybridized carbons (Fsp3) is 0.429. The van der Waals surface area contributed by atoms with Crippen LogP contribution in [-0.2, 0) is 20.2 Å². The monoisotopic (exact) mass is 557 g/mol. The van der Waals surface area contributed by atoms with E-state index >= 15 is 0 Å². The van der Waals surface area contributed by atoms with Crippen LogP contribution in [0.5, 0.6) is 5.88 Å². The zero-order chi connectivity index (χ0) is 26.9. The molecule has 198 valence electrons. The lowest BCUT2D eigenvalue weighted by molar-refractivity contribution is 0.280. The highest BCUT2D eigenvalue weighted by atomic mass is 35.5. The summed E-state index contributed by atoms with van der Waals surface area (Å²) in [7, 11) is -0.124. The second-order valence-electron chi connectivity index (χ2n) is 10.7. The van der Waals surface area contributed by atoms with E-state index in [1.165, 1.54) is 0 Å². The van der Waals surface area contributed by atoms with E-state index in [-0.39, 0.29) is 0 Å². The quantitative estimate of drug-likeness (QED) is 0.199. The molecule has 0 bridgehead atoms. The van der Waals surface area contributed by atoms with Crippen molar-refractivity contribution in [3.05, 3.63) is 70.0 Å². The lowest BCUT2D eigenvalue weighted by atomic mass is 10.2. The van der Waals surface area contributed by atoms with Crippen LogP contribution in [0.25, 0.3) is 11.0 Å². The van der Waals surface area contributed by atoms with Crippen molar-refractivity contribution in [3.63, 3.8) is 0 Å². The smallest absolute Gasteiger partial charge is 0.214 e. The summed E-state index contributed by atoms with van der Waals surface area (Å²) < 4.78 is 10.6. The molecule has 0 spiro atoms. The van der Waals surface area contributed by atoms with E-state index < -0.39 is 8.24 Å². The third-order valence-corrected chi connectivity index (χ3v) is 14.6. The fourth-order valence-corrected chi connectivity index (χ4v) is 13.0. The second kappa shape index (κ2) is 11.1. The third-order valence-electron chi connectivity index (χ3n) is 7.46. The van der Waals surface area contributed by atoms with Gasteiger partial charge in [-0.25, -0.2) is 9.67 Å². The molecule has 0 fully saturated rings. The Bertz CT molecular complexity index is 1360. The summed E-state index contributed by atoms with van der Waals surface area (Å²) in [6.07, 6.45) is 4.03. The highest BCUT2D eigenvalue weighted by Gasteiger charge is 2.46. The lowest BCUT2D eigenvalue weighted by Crippen LogP contribution is -2.51. The van der Waals surface area contributed by atoms with Crippen LogP contribution in [0.1, 0.15) is 52.7 Å². The minimum Gasteiger partial charge on any atom is -0.473 e. The number of halogens is 2. The first-order valence-electron chi connectivity index (χ1n) is 12.8. The fourth-order valence-electron chi connectivity index (χ4n) is 6.05. The summed E-state index contributed by atoms with van der Waals surface area (Å²) in [6.45, 7) is 15.2. The topological polar surface area (TPSA) is 56.9 Å². The summed E-state index contributed by atoms with van der Waals surface area (Å²) in [5, 5.41) is 10.3. The van der Waals surface area contributed by atoms with Crippen molar-refractivity contribution in [3.8, 4) is 5.88 Å². The van der Waals surface area contributed by atoms with Crippen LogP contribution in [0.4, 0.5) is 5.82 Å². The Morgan fingerprint density at radius 1 is 0.973 bits per heavy atom. The Hall–Kier alpha value is -2.48. The summed E-state index contributed by atoms with van der Waals surface area (Å²) in [5.41, 5.74) is 4.79. The Kier molecular flexibility index (Phi) is 8.26. The van der Waals surface area contributed by atoms with Crippen molar-refractivity contribution in [1.82, 2.24) is 19.0 Å². The Labute approximate surface area is 231 Å². The maximum atomic E-state index is 6.41. The van der Waals surface area contributed by atoms with Gasteiger partial charge in [-0.15, -0.1) is 0 Å². The van der Waals surface area contributed by atoms with Crippen LogP contribution < -0.4 is 10.1 Å². The molecule has 0 unspecified atom stereocenters. The van der Waals surface area contributed by atoms with Crippen molar-refractivity contribution < 1.29 is 4.74 Å². The van der Waals surface area contributed by atoms with Crippen molar-refractivity contribution in [2.75, 3.05) is 5.32 Å². The number of benzene rings is 1. The molecule has 6 nitrogen and oxygen atoms in total. The lowest BCUT2D eigenvalue weighted by Gasteiger charge is -2.44. The van der Waals surface area contributed by atoms with Gasteiger partial charge in [-0.05, 0) is 40.4 Å². The molecule has 1 aromatic carbocycles. The predicted molar refractivity (Wildman–Crippen MR) is 158 cm³/mol. The summed E-state index contributed by atoms with van der Waals surface area (Å²) in [4.78, 5) is 4.82. The number of pyridine rings is 1. The number of nitrogens with zero attached hydrogens (tertiary/aromatic N) is 4. The van der Waals surface area contributed by atoms with Crippen molar-refractivity contribution >= 4 is 48.3 Å². The van der Waals surface area contributed by atoms with E-state index in [9.17, 15) is 0 Å². The third kappa shape index (κ3) is 5.40. The zero-order valence-electron chi connectivity index (χ0n) is 22.7. The van der Waals surface area contributed by atoms with Crippen molar-refractivity contribution in [2.45, 2.75) is 71.3 Å². The van der Waals surface area contributed by atoms with Crippen molar-refractivity contribution in [1.29, 1.82) is 0 Å². The molecule has 3 aromatic heterocycles. The molecule has 0 atom stereocenters. The van der Waals surface area contributed by atoms with E-state index in [0.29, 0.717) is 40.7 Å². The number of ether oxygens (including phenoxy) is 1. The molecule has 0 aliphatic heterocycles. The molecule has 37 heavy (non-hydrogen) atoms. The Morgan fingerprint density at radius 2 is 1.68 bits per heavy atom. The summed E-state index contributed by atoms with van der Waals surface area (Å²) >= 11 is 12.5.